The van der Waals surface area contributed by atoms with Gasteiger partial charge < -0.3 is 10.2 Å². The molecule has 0 unspecified atom stereocenters. The molecule has 1 aromatic carbocycles. The quantitative estimate of drug-likeness (QED) is 0.839. The van der Waals surface area contributed by atoms with Gasteiger partial charge in [-0.3, -0.25) is 0 Å². The van der Waals surface area contributed by atoms with E-state index in [9.17, 15) is 0 Å². The van der Waals surface area contributed by atoms with Crippen molar-refractivity contribution < 1.29 is 0 Å². The van der Waals surface area contributed by atoms with Gasteiger partial charge in [-0.15, -0.1) is 0 Å². The molecular formula is C11H16BrClN2. The summed E-state index contributed by atoms with van der Waals surface area (Å²) in [6.45, 7) is 2.90. The van der Waals surface area contributed by atoms with Crippen LogP contribution in [-0.2, 0) is 6.54 Å². The Labute approximate surface area is 105 Å². The highest BCUT2D eigenvalue weighted by atomic mass is 79.9. The van der Waals surface area contributed by atoms with Gasteiger partial charge in [-0.05, 0) is 31.8 Å². The number of hydrogen-bond acceptors (Lipinski definition) is 2. The van der Waals surface area contributed by atoms with E-state index in [0.717, 1.165) is 29.1 Å². The Kier molecular flexibility index (Phi) is 5.61. The zero-order chi connectivity index (χ0) is 11.3. The summed E-state index contributed by atoms with van der Waals surface area (Å²) in [5, 5.41) is 4.14. The fourth-order valence-electron chi connectivity index (χ4n) is 1.19. The molecule has 0 spiro atoms. The summed E-state index contributed by atoms with van der Waals surface area (Å²) in [4.78, 5) is 2.16. The first-order chi connectivity index (χ1) is 7.09. The van der Waals surface area contributed by atoms with Crippen LogP contribution < -0.4 is 5.32 Å². The second-order valence-electron chi connectivity index (χ2n) is 3.72. The van der Waals surface area contributed by atoms with Crippen LogP contribution in [0.5, 0.6) is 0 Å². The third-order valence-corrected chi connectivity index (χ3v) is 3.04. The van der Waals surface area contributed by atoms with Crippen molar-refractivity contribution in [3.05, 3.63) is 33.3 Å². The molecule has 0 saturated heterocycles. The van der Waals surface area contributed by atoms with Gasteiger partial charge in [0, 0.05) is 29.1 Å². The number of likely N-dealkylation sites (N-methyl/N-ethyl adjacent to an activating group) is 1. The summed E-state index contributed by atoms with van der Waals surface area (Å²) in [5.74, 6) is 0. The molecule has 0 saturated carbocycles. The smallest absolute Gasteiger partial charge is 0.0417 e. The molecule has 0 aliphatic carbocycles. The molecule has 1 N–H and O–H groups in total. The van der Waals surface area contributed by atoms with Gasteiger partial charge in [0.2, 0.25) is 0 Å². The molecule has 0 bridgehead atoms. The second-order valence-corrected chi connectivity index (χ2v) is 5.01. The zero-order valence-corrected chi connectivity index (χ0v) is 11.4. The first kappa shape index (κ1) is 13.0. The predicted molar refractivity (Wildman–Crippen MR) is 69.4 cm³/mol. The van der Waals surface area contributed by atoms with Crippen LogP contribution in [0.2, 0.25) is 5.02 Å². The van der Waals surface area contributed by atoms with Crippen LogP contribution in [0.25, 0.3) is 0 Å². The molecule has 84 valence electrons. The number of rotatable bonds is 5. The van der Waals surface area contributed by atoms with Gasteiger partial charge >= 0.3 is 0 Å². The molecule has 0 aromatic heterocycles. The van der Waals surface area contributed by atoms with Crippen molar-refractivity contribution in [1.82, 2.24) is 10.2 Å². The van der Waals surface area contributed by atoms with E-state index in [0.29, 0.717) is 0 Å². The highest BCUT2D eigenvalue weighted by Gasteiger charge is 2.00. The minimum Gasteiger partial charge on any atom is -0.311 e. The molecule has 0 radical (unpaired) electrons. The molecule has 0 fully saturated rings. The van der Waals surface area contributed by atoms with Gasteiger partial charge in [0.05, 0.1) is 0 Å². The lowest BCUT2D eigenvalue weighted by Crippen LogP contribution is -2.26. The molecule has 0 heterocycles. The van der Waals surface area contributed by atoms with Gasteiger partial charge in [0.15, 0.2) is 0 Å². The SMILES string of the molecule is CN(C)CCNCc1ccc(Cl)cc1Br. The Bertz CT molecular complexity index is 315. The van der Waals surface area contributed by atoms with Crippen molar-refractivity contribution in [2.75, 3.05) is 27.2 Å². The summed E-state index contributed by atoms with van der Waals surface area (Å²) in [6.07, 6.45) is 0. The van der Waals surface area contributed by atoms with E-state index in [1.54, 1.807) is 0 Å². The minimum absolute atomic E-state index is 0.763. The third-order valence-electron chi connectivity index (χ3n) is 2.07. The van der Waals surface area contributed by atoms with E-state index in [4.69, 9.17) is 11.6 Å². The van der Waals surface area contributed by atoms with Crippen molar-refractivity contribution in [1.29, 1.82) is 0 Å². The van der Waals surface area contributed by atoms with Gasteiger partial charge in [-0.1, -0.05) is 33.6 Å². The van der Waals surface area contributed by atoms with E-state index in [2.05, 4.69) is 40.2 Å². The molecule has 0 atom stereocenters. The Morgan fingerprint density at radius 1 is 1.40 bits per heavy atom. The topological polar surface area (TPSA) is 15.3 Å². The second kappa shape index (κ2) is 6.48. The minimum atomic E-state index is 0.763. The van der Waals surface area contributed by atoms with Gasteiger partial charge in [0.25, 0.3) is 0 Å². The number of halogens is 2. The molecular weight excluding hydrogens is 275 g/mol. The maximum Gasteiger partial charge on any atom is 0.0417 e. The van der Waals surface area contributed by atoms with Gasteiger partial charge in [-0.25, -0.2) is 0 Å². The van der Waals surface area contributed by atoms with Gasteiger partial charge in [-0.2, -0.15) is 0 Å². The Morgan fingerprint density at radius 2 is 2.13 bits per heavy atom. The van der Waals surface area contributed by atoms with Crippen LogP contribution in [0, 0.1) is 0 Å². The van der Waals surface area contributed by atoms with E-state index in [1.807, 2.05) is 18.2 Å². The normalized spacial score (nSPS) is 11.0. The summed E-state index contributed by atoms with van der Waals surface area (Å²) in [7, 11) is 4.14. The van der Waals surface area contributed by atoms with E-state index >= 15 is 0 Å². The molecule has 2 nitrogen and oxygen atoms in total. The van der Waals surface area contributed by atoms with Crippen LogP contribution in [0.15, 0.2) is 22.7 Å². The summed E-state index contributed by atoms with van der Waals surface area (Å²) in [5.41, 5.74) is 1.23. The monoisotopic (exact) mass is 290 g/mol. The van der Waals surface area contributed by atoms with Crippen LogP contribution >= 0.6 is 27.5 Å². The summed E-state index contributed by atoms with van der Waals surface area (Å²) >= 11 is 9.36. The summed E-state index contributed by atoms with van der Waals surface area (Å²) < 4.78 is 1.06. The third kappa shape index (κ3) is 4.98. The maximum atomic E-state index is 5.86. The molecule has 0 aliphatic heterocycles. The Morgan fingerprint density at radius 3 is 2.73 bits per heavy atom. The van der Waals surface area contributed by atoms with Crippen molar-refractivity contribution >= 4 is 27.5 Å². The average Bonchev–Trinajstić information content (AvgIpc) is 2.14. The molecule has 0 aliphatic rings. The van der Waals surface area contributed by atoms with Crippen molar-refractivity contribution in [2.45, 2.75) is 6.54 Å². The van der Waals surface area contributed by atoms with E-state index in [-0.39, 0.29) is 0 Å². The molecule has 1 aromatic rings. The highest BCUT2D eigenvalue weighted by molar-refractivity contribution is 9.10. The first-order valence-electron chi connectivity index (χ1n) is 4.89. The largest absolute Gasteiger partial charge is 0.311 e. The fourth-order valence-corrected chi connectivity index (χ4v) is 2.01. The average molecular weight is 292 g/mol. The molecule has 4 heteroatoms. The predicted octanol–water partition coefficient (Wildman–Crippen LogP) is 2.75. The lowest BCUT2D eigenvalue weighted by molar-refractivity contribution is 0.400. The Balaban J connectivity index is 2.37. The van der Waals surface area contributed by atoms with Crippen LogP contribution in [-0.4, -0.2) is 32.1 Å². The maximum absolute atomic E-state index is 5.86. The van der Waals surface area contributed by atoms with Crippen molar-refractivity contribution in [2.24, 2.45) is 0 Å². The molecule has 15 heavy (non-hydrogen) atoms. The molecule has 1 rings (SSSR count). The fraction of sp³-hybridized carbons (Fsp3) is 0.455. The number of benzene rings is 1. The van der Waals surface area contributed by atoms with Crippen LogP contribution in [0.3, 0.4) is 0 Å². The van der Waals surface area contributed by atoms with Crippen molar-refractivity contribution in [3.63, 3.8) is 0 Å². The number of nitrogens with one attached hydrogen (secondary N) is 1. The standard InChI is InChI=1S/C11H16BrClN2/c1-15(2)6-5-14-8-9-3-4-10(13)7-11(9)12/h3-4,7,14H,5-6,8H2,1-2H3. The highest BCUT2D eigenvalue weighted by Crippen LogP contribution is 2.21. The van der Waals surface area contributed by atoms with Crippen LogP contribution in [0.1, 0.15) is 5.56 Å². The summed E-state index contributed by atoms with van der Waals surface area (Å²) in [6, 6.07) is 5.87. The van der Waals surface area contributed by atoms with E-state index in [1.165, 1.54) is 5.56 Å². The Hall–Kier alpha value is -0.0900. The molecule has 0 amide bonds. The first-order valence-corrected chi connectivity index (χ1v) is 6.06. The van der Waals surface area contributed by atoms with Crippen LogP contribution in [0.4, 0.5) is 0 Å². The van der Waals surface area contributed by atoms with E-state index < -0.39 is 0 Å². The lowest BCUT2D eigenvalue weighted by Gasteiger charge is -2.11. The zero-order valence-electron chi connectivity index (χ0n) is 9.06. The lowest BCUT2D eigenvalue weighted by atomic mass is 10.2. The van der Waals surface area contributed by atoms with Gasteiger partial charge in [0.1, 0.15) is 0 Å². The number of nitrogens with zero attached hydrogens (tertiary/aromatic N) is 1. The number of hydrogen-bond donors (Lipinski definition) is 1. The van der Waals surface area contributed by atoms with Crippen molar-refractivity contribution in [3.8, 4) is 0 Å².